The molecule has 0 atom stereocenters. The third-order valence-corrected chi connectivity index (χ3v) is 1.57. The first-order valence-corrected chi connectivity index (χ1v) is 4.19. The molecule has 0 fully saturated rings. The van der Waals surface area contributed by atoms with Crippen LogP contribution in [0.4, 0.5) is 0 Å². The highest BCUT2D eigenvalue weighted by Crippen LogP contribution is 2.05. The molecule has 0 saturated carbocycles. The van der Waals surface area contributed by atoms with E-state index < -0.39 is 0 Å². The molecule has 66 valence electrons. The van der Waals surface area contributed by atoms with Crippen molar-refractivity contribution in [1.29, 1.82) is 0 Å². The number of ether oxygens (including phenoxy) is 1. The second-order valence-electron chi connectivity index (χ2n) is 2.64. The molecule has 0 amide bonds. The first-order valence-electron chi connectivity index (χ1n) is 4.19. The van der Waals surface area contributed by atoms with Crippen LogP contribution in [-0.4, -0.2) is 25.3 Å². The van der Waals surface area contributed by atoms with Crippen LogP contribution in [-0.2, 0) is 4.74 Å². The lowest BCUT2D eigenvalue weighted by Crippen LogP contribution is -2.20. The monoisotopic (exact) mass is 157 g/mol. The number of hydrogen-bond acceptors (Lipinski definition) is 2. The van der Waals surface area contributed by atoms with Crippen molar-refractivity contribution in [2.45, 2.75) is 26.7 Å². The highest BCUT2D eigenvalue weighted by atomic mass is 16.5. The van der Waals surface area contributed by atoms with E-state index >= 15 is 0 Å². The molecule has 0 aliphatic rings. The molecule has 0 heterocycles. The van der Waals surface area contributed by atoms with Crippen LogP contribution in [0, 0.1) is 0 Å². The van der Waals surface area contributed by atoms with E-state index in [9.17, 15) is 0 Å². The van der Waals surface area contributed by atoms with Gasteiger partial charge in [-0.15, -0.1) is 0 Å². The van der Waals surface area contributed by atoms with Gasteiger partial charge in [-0.05, 0) is 13.3 Å². The van der Waals surface area contributed by atoms with Crippen molar-refractivity contribution in [2.24, 2.45) is 0 Å². The first-order chi connectivity index (χ1) is 5.22. The lowest BCUT2D eigenvalue weighted by Gasteiger charge is -2.20. The van der Waals surface area contributed by atoms with Crippen molar-refractivity contribution in [3.8, 4) is 0 Å². The van der Waals surface area contributed by atoms with E-state index in [1.165, 1.54) is 0 Å². The lowest BCUT2D eigenvalue weighted by molar-refractivity contribution is 0.0672. The average molecular weight is 157 g/mol. The quantitative estimate of drug-likeness (QED) is 0.548. The molecule has 0 aromatic carbocycles. The van der Waals surface area contributed by atoms with Gasteiger partial charge in [-0.25, -0.2) is 0 Å². The van der Waals surface area contributed by atoms with E-state index in [4.69, 9.17) is 4.74 Å². The Morgan fingerprint density at radius 1 is 1.45 bits per heavy atom. The fourth-order valence-electron chi connectivity index (χ4n) is 0.799. The van der Waals surface area contributed by atoms with E-state index in [2.05, 4.69) is 13.5 Å². The molecule has 2 nitrogen and oxygen atoms in total. The van der Waals surface area contributed by atoms with Crippen molar-refractivity contribution in [1.82, 2.24) is 4.90 Å². The van der Waals surface area contributed by atoms with Gasteiger partial charge >= 0.3 is 0 Å². The predicted molar refractivity (Wildman–Crippen MR) is 48.3 cm³/mol. The fourth-order valence-corrected chi connectivity index (χ4v) is 0.799. The summed E-state index contributed by atoms with van der Waals surface area (Å²) in [6.45, 7) is 9.52. The van der Waals surface area contributed by atoms with Gasteiger partial charge in [-0.3, -0.25) is 0 Å². The molecular weight excluding hydrogens is 138 g/mol. The Hall–Kier alpha value is -0.500. The summed E-state index contributed by atoms with van der Waals surface area (Å²) in [7, 11) is 2.01. The summed E-state index contributed by atoms with van der Waals surface area (Å²) in [5.74, 6) is 0. The molecule has 0 bridgehead atoms. The zero-order chi connectivity index (χ0) is 8.69. The van der Waals surface area contributed by atoms with Crippen LogP contribution < -0.4 is 0 Å². The topological polar surface area (TPSA) is 12.5 Å². The maximum absolute atomic E-state index is 5.23. The molecule has 0 spiro atoms. The van der Waals surface area contributed by atoms with Gasteiger partial charge in [-0.1, -0.05) is 19.9 Å². The van der Waals surface area contributed by atoms with E-state index in [0.29, 0.717) is 6.73 Å². The van der Waals surface area contributed by atoms with E-state index in [-0.39, 0.29) is 0 Å². The number of allylic oxidation sites excluding steroid dienone is 1. The second-order valence-corrected chi connectivity index (χ2v) is 2.64. The third-order valence-electron chi connectivity index (χ3n) is 1.57. The maximum atomic E-state index is 5.23. The lowest BCUT2D eigenvalue weighted by atomic mass is 10.3. The Labute approximate surface area is 69.8 Å². The second kappa shape index (κ2) is 6.23. The van der Waals surface area contributed by atoms with Gasteiger partial charge < -0.3 is 9.64 Å². The molecule has 0 aromatic heterocycles. The molecule has 0 aliphatic carbocycles. The molecule has 0 aliphatic heterocycles. The number of rotatable bonds is 6. The van der Waals surface area contributed by atoms with E-state index in [0.717, 1.165) is 25.1 Å². The van der Waals surface area contributed by atoms with Gasteiger partial charge in [0.2, 0.25) is 0 Å². The van der Waals surface area contributed by atoms with Crippen LogP contribution in [0.5, 0.6) is 0 Å². The Morgan fingerprint density at radius 2 is 2.09 bits per heavy atom. The summed E-state index contributed by atoms with van der Waals surface area (Å²) in [5, 5.41) is 0. The minimum Gasteiger partial charge on any atom is -0.361 e. The van der Waals surface area contributed by atoms with Gasteiger partial charge in [0.05, 0.1) is 0 Å². The van der Waals surface area contributed by atoms with Crippen molar-refractivity contribution in [3.63, 3.8) is 0 Å². The number of nitrogens with zero attached hydrogens (tertiary/aromatic N) is 1. The Balaban J connectivity index is 3.46. The van der Waals surface area contributed by atoms with E-state index in [1.807, 2.05) is 18.9 Å². The minimum atomic E-state index is 0.662. The highest BCUT2D eigenvalue weighted by Gasteiger charge is 1.98. The van der Waals surface area contributed by atoms with Gasteiger partial charge in [0, 0.05) is 19.4 Å². The van der Waals surface area contributed by atoms with Gasteiger partial charge in [0.1, 0.15) is 6.73 Å². The molecule has 0 saturated heterocycles. The molecule has 0 N–H and O–H groups in total. The zero-order valence-electron chi connectivity index (χ0n) is 7.89. The third kappa shape index (κ3) is 4.85. The van der Waals surface area contributed by atoms with Gasteiger partial charge in [0.15, 0.2) is 0 Å². The molecule has 0 radical (unpaired) electrons. The van der Waals surface area contributed by atoms with Crippen molar-refractivity contribution in [2.75, 3.05) is 20.4 Å². The average Bonchev–Trinajstić information content (AvgIpc) is 2.00. The normalized spacial score (nSPS) is 9.73. The minimum absolute atomic E-state index is 0.662. The van der Waals surface area contributed by atoms with Crippen LogP contribution >= 0.6 is 0 Å². The molecule has 11 heavy (non-hydrogen) atoms. The van der Waals surface area contributed by atoms with Crippen molar-refractivity contribution < 1.29 is 4.74 Å². The Kier molecular flexibility index (Phi) is 5.94. The Bertz CT molecular complexity index is 112. The summed E-state index contributed by atoms with van der Waals surface area (Å²) in [4.78, 5) is 2.05. The molecular formula is C9H19NO. The summed E-state index contributed by atoms with van der Waals surface area (Å²) < 4.78 is 5.23. The molecule has 0 unspecified atom stereocenters. The zero-order valence-corrected chi connectivity index (χ0v) is 7.89. The summed E-state index contributed by atoms with van der Waals surface area (Å²) in [6.07, 6.45) is 2.21. The maximum Gasteiger partial charge on any atom is 0.118 e. The summed E-state index contributed by atoms with van der Waals surface area (Å²) in [6, 6.07) is 0. The highest BCUT2D eigenvalue weighted by molar-refractivity contribution is 4.90. The van der Waals surface area contributed by atoms with Crippen LogP contribution in [0.1, 0.15) is 26.7 Å². The molecule has 2 heteroatoms. The molecule has 0 rings (SSSR count). The number of hydrogen-bond donors (Lipinski definition) is 0. The molecule has 0 aromatic rings. The predicted octanol–water partition coefficient (Wildman–Crippen LogP) is 2.23. The summed E-state index contributed by atoms with van der Waals surface area (Å²) in [5.41, 5.74) is 1.15. The fraction of sp³-hybridized carbons (Fsp3) is 0.778. The standard InChI is InChI=1S/C9H19NO/c1-5-7-9(3)10(4)8-11-6-2/h3,5-8H2,1-2,4H3. The van der Waals surface area contributed by atoms with Crippen molar-refractivity contribution >= 4 is 0 Å². The SMILES string of the molecule is C=C(CCC)N(C)COCC. The van der Waals surface area contributed by atoms with Crippen LogP contribution in [0.2, 0.25) is 0 Å². The van der Waals surface area contributed by atoms with E-state index in [1.54, 1.807) is 0 Å². The smallest absolute Gasteiger partial charge is 0.118 e. The van der Waals surface area contributed by atoms with Gasteiger partial charge in [0.25, 0.3) is 0 Å². The largest absolute Gasteiger partial charge is 0.361 e. The van der Waals surface area contributed by atoms with Crippen LogP contribution in [0.25, 0.3) is 0 Å². The van der Waals surface area contributed by atoms with Crippen LogP contribution in [0.15, 0.2) is 12.3 Å². The van der Waals surface area contributed by atoms with Crippen molar-refractivity contribution in [3.05, 3.63) is 12.3 Å². The summed E-state index contributed by atoms with van der Waals surface area (Å²) >= 11 is 0. The van der Waals surface area contributed by atoms with Crippen LogP contribution in [0.3, 0.4) is 0 Å². The first kappa shape index (κ1) is 10.5. The van der Waals surface area contributed by atoms with Gasteiger partial charge in [-0.2, -0.15) is 0 Å². The Morgan fingerprint density at radius 3 is 2.55 bits per heavy atom.